The molecule has 5 nitrogen and oxygen atoms in total. The molecule has 1 unspecified atom stereocenters. The Morgan fingerprint density at radius 3 is 1.20 bits per heavy atom. The van der Waals surface area contributed by atoms with Crippen LogP contribution in [-0.4, -0.2) is 37.9 Å². The van der Waals surface area contributed by atoms with Gasteiger partial charge in [-0.2, -0.15) is 0 Å². The van der Waals surface area contributed by atoms with E-state index in [1.54, 1.807) is 0 Å². The van der Waals surface area contributed by atoms with E-state index in [9.17, 15) is 9.59 Å². The van der Waals surface area contributed by atoms with Crippen molar-refractivity contribution in [2.75, 3.05) is 19.8 Å². The molecule has 0 heterocycles. The molecule has 0 bridgehead atoms. The van der Waals surface area contributed by atoms with Gasteiger partial charge >= 0.3 is 11.9 Å². The maximum Gasteiger partial charge on any atom is 0.306 e. The molecule has 60 heavy (non-hydrogen) atoms. The lowest BCUT2D eigenvalue weighted by molar-refractivity contribution is -0.163. The molecule has 0 saturated carbocycles. The van der Waals surface area contributed by atoms with Gasteiger partial charge in [-0.25, -0.2) is 0 Å². The number of hydrogen-bond acceptors (Lipinski definition) is 5. The van der Waals surface area contributed by atoms with Gasteiger partial charge in [0.1, 0.15) is 6.61 Å². The van der Waals surface area contributed by atoms with Crippen LogP contribution in [0.2, 0.25) is 0 Å². The molecule has 0 aliphatic carbocycles. The highest BCUT2D eigenvalue weighted by Crippen LogP contribution is 2.11. The Labute approximate surface area is 369 Å². The number of ether oxygens (including phenoxy) is 3. The third-order valence-electron chi connectivity index (χ3n) is 9.44. The molecule has 338 valence electrons. The van der Waals surface area contributed by atoms with Gasteiger partial charge in [0.25, 0.3) is 0 Å². The average Bonchev–Trinajstić information content (AvgIpc) is 3.25. The molecule has 0 N–H and O–H groups in total. The molecule has 0 spiro atoms. The first-order valence-corrected chi connectivity index (χ1v) is 24.1. The lowest BCUT2D eigenvalue weighted by Gasteiger charge is -2.18. The zero-order chi connectivity index (χ0) is 43.5. The Morgan fingerprint density at radius 1 is 0.383 bits per heavy atom. The number of rotatable bonds is 42. The molecular weight excluding hydrogens is 741 g/mol. The third-order valence-corrected chi connectivity index (χ3v) is 9.44. The molecule has 0 aliphatic rings. The zero-order valence-electron chi connectivity index (χ0n) is 38.7. The topological polar surface area (TPSA) is 61.8 Å². The smallest absolute Gasteiger partial charge is 0.306 e. The fourth-order valence-corrected chi connectivity index (χ4v) is 5.94. The van der Waals surface area contributed by atoms with E-state index in [1.807, 2.05) is 0 Å². The van der Waals surface area contributed by atoms with E-state index in [-0.39, 0.29) is 25.2 Å². The third kappa shape index (κ3) is 47.0. The predicted octanol–water partition coefficient (Wildman–Crippen LogP) is 16.2. The molecule has 0 rings (SSSR count). The normalized spacial score (nSPS) is 13.3. The van der Waals surface area contributed by atoms with Crippen molar-refractivity contribution in [3.05, 3.63) is 122 Å². The van der Waals surface area contributed by atoms with Crippen LogP contribution in [0.5, 0.6) is 0 Å². The van der Waals surface area contributed by atoms with Crippen molar-refractivity contribution >= 4 is 11.9 Å². The molecule has 0 aromatic carbocycles. The minimum absolute atomic E-state index is 0.0346. The summed E-state index contributed by atoms with van der Waals surface area (Å²) < 4.78 is 17.3. The molecule has 0 amide bonds. The highest BCUT2D eigenvalue weighted by Gasteiger charge is 2.17. The zero-order valence-corrected chi connectivity index (χ0v) is 38.7. The standard InChI is InChI=1S/C55H88O5/c1-4-7-10-13-16-19-22-25-28-30-33-36-39-42-45-48-54(56)59-52-53(51-58-50-47-44-41-38-35-32-27-24-21-18-15-12-9-6-3)60-55(57)49-46-43-40-37-34-31-29-26-23-20-17-14-11-8-5-2/h7-8,10-12,15-17,19-21,24-26,28-29,33-34,36-37,53H,4-6,9,13-14,18,22-23,27,30-32,35,38-52H2,1-3H3/b10-7-,11-8-,15-12-,19-16-,20-17-,24-21-,28-25-,29-26-,36-33-,37-34-. The summed E-state index contributed by atoms with van der Waals surface area (Å²) in [6, 6.07) is 0. The van der Waals surface area contributed by atoms with E-state index in [1.165, 1.54) is 38.5 Å². The van der Waals surface area contributed by atoms with Crippen LogP contribution in [0.15, 0.2) is 122 Å². The first-order chi connectivity index (χ1) is 29.6. The van der Waals surface area contributed by atoms with Crippen molar-refractivity contribution in [1.29, 1.82) is 0 Å². The molecule has 0 aromatic rings. The van der Waals surface area contributed by atoms with E-state index in [0.29, 0.717) is 19.4 Å². The van der Waals surface area contributed by atoms with Crippen molar-refractivity contribution in [1.82, 2.24) is 0 Å². The highest BCUT2D eigenvalue weighted by molar-refractivity contribution is 5.70. The number of hydrogen-bond donors (Lipinski definition) is 0. The molecule has 5 heteroatoms. The lowest BCUT2D eigenvalue weighted by Crippen LogP contribution is -2.30. The average molecular weight is 829 g/mol. The van der Waals surface area contributed by atoms with E-state index in [0.717, 1.165) is 116 Å². The summed E-state index contributed by atoms with van der Waals surface area (Å²) in [5.74, 6) is -0.510. The molecule has 0 aliphatic heterocycles. The SMILES string of the molecule is CC/C=C\C/C=C\C/C=C\C/C=C\CCCCC(=O)OCC(COCCCCCCCC/C=C\C/C=C\CCC)OC(=O)CCCC/C=C\C/C=C\C/C=C\C/C=C\CC. The minimum Gasteiger partial charge on any atom is -0.462 e. The van der Waals surface area contributed by atoms with Crippen molar-refractivity contribution < 1.29 is 23.8 Å². The number of carbonyl (C=O) groups excluding carboxylic acids is 2. The van der Waals surface area contributed by atoms with Crippen molar-refractivity contribution in [3.8, 4) is 0 Å². The van der Waals surface area contributed by atoms with Crippen LogP contribution < -0.4 is 0 Å². The summed E-state index contributed by atoms with van der Waals surface area (Å²) >= 11 is 0. The fourth-order valence-electron chi connectivity index (χ4n) is 5.94. The first-order valence-electron chi connectivity index (χ1n) is 24.1. The lowest BCUT2D eigenvalue weighted by atomic mass is 10.1. The second-order valence-corrected chi connectivity index (χ2v) is 15.2. The first kappa shape index (κ1) is 56.3. The molecule has 0 aromatic heterocycles. The van der Waals surface area contributed by atoms with Gasteiger partial charge in [-0.05, 0) is 122 Å². The maximum atomic E-state index is 12.8. The van der Waals surface area contributed by atoms with Gasteiger partial charge in [-0.1, -0.05) is 174 Å². The Morgan fingerprint density at radius 2 is 0.750 bits per heavy atom. The van der Waals surface area contributed by atoms with Gasteiger partial charge in [-0.3, -0.25) is 9.59 Å². The van der Waals surface area contributed by atoms with Gasteiger partial charge in [0.05, 0.1) is 6.61 Å². The maximum absolute atomic E-state index is 12.8. The number of unbranched alkanes of at least 4 members (excludes halogenated alkanes) is 11. The van der Waals surface area contributed by atoms with Crippen LogP contribution >= 0.6 is 0 Å². The number of allylic oxidation sites excluding steroid dienone is 20. The van der Waals surface area contributed by atoms with E-state index in [2.05, 4.69) is 142 Å². The summed E-state index contributed by atoms with van der Waals surface area (Å²) in [6.45, 7) is 7.40. The van der Waals surface area contributed by atoms with Crippen molar-refractivity contribution in [3.63, 3.8) is 0 Å². The summed E-state index contributed by atoms with van der Waals surface area (Å²) in [5.41, 5.74) is 0. The van der Waals surface area contributed by atoms with Gasteiger partial charge < -0.3 is 14.2 Å². The molecule has 0 radical (unpaired) electrons. The summed E-state index contributed by atoms with van der Waals surface area (Å²) in [6.07, 6.45) is 69.2. The molecule has 1 atom stereocenters. The van der Waals surface area contributed by atoms with Crippen LogP contribution in [0.3, 0.4) is 0 Å². The minimum atomic E-state index is -0.588. The second kappa shape index (κ2) is 49.7. The van der Waals surface area contributed by atoms with E-state index < -0.39 is 6.10 Å². The van der Waals surface area contributed by atoms with E-state index >= 15 is 0 Å². The van der Waals surface area contributed by atoms with Gasteiger partial charge in [-0.15, -0.1) is 0 Å². The Balaban J connectivity index is 4.46. The number of carbonyl (C=O) groups is 2. The van der Waals surface area contributed by atoms with Gasteiger partial charge in [0.15, 0.2) is 6.10 Å². The van der Waals surface area contributed by atoms with Crippen molar-refractivity contribution in [2.24, 2.45) is 0 Å². The summed E-state index contributed by atoms with van der Waals surface area (Å²) in [5, 5.41) is 0. The Bertz CT molecular complexity index is 1260. The molecule has 0 saturated heterocycles. The van der Waals surface area contributed by atoms with Crippen molar-refractivity contribution in [2.45, 2.75) is 194 Å². The Kier molecular flexibility index (Phi) is 46.6. The van der Waals surface area contributed by atoms with Crippen LogP contribution in [0.4, 0.5) is 0 Å². The quantitative estimate of drug-likeness (QED) is 0.0348. The highest BCUT2D eigenvalue weighted by atomic mass is 16.6. The van der Waals surface area contributed by atoms with Gasteiger partial charge in [0.2, 0.25) is 0 Å². The number of esters is 2. The fraction of sp³-hybridized carbons (Fsp3) is 0.600. The van der Waals surface area contributed by atoms with Gasteiger partial charge in [0, 0.05) is 19.4 Å². The van der Waals surface area contributed by atoms with Crippen LogP contribution in [0, 0.1) is 0 Å². The second-order valence-electron chi connectivity index (χ2n) is 15.2. The van der Waals surface area contributed by atoms with Crippen LogP contribution in [0.25, 0.3) is 0 Å². The molecule has 0 fully saturated rings. The Hall–Kier alpha value is -3.70. The largest absolute Gasteiger partial charge is 0.462 e. The predicted molar refractivity (Wildman–Crippen MR) is 260 cm³/mol. The van der Waals surface area contributed by atoms with Crippen LogP contribution in [-0.2, 0) is 23.8 Å². The van der Waals surface area contributed by atoms with Crippen LogP contribution in [0.1, 0.15) is 188 Å². The monoisotopic (exact) mass is 829 g/mol. The summed E-state index contributed by atoms with van der Waals surface area (Å²) in [4.78, 5) is 25.3. The van der Waals surface area contributed by atoms with E-state index in [4.69, 9.17) is 14.2 Å². The molecular formula is C55H88O5. The summed E-state index contributed by atoms with van der Waals surface area (Å²) in [7, 11) is 0.